The second-order valence-corrected chi connectivity index (χ2v) is 3.57. The van der Waals surface area contributed by atoms with Gasteiger partial charge in [-0.25, -0.2) is 0 Å². The quantitative estimate of drug-likeness (QED) is 0.835. The topological polar surface area (TPSA) is 58.9 Å². The number of aliphatic hydroxyl groups is 2. The summed E-state index contributed by atoms with van der Waals surface area (Å²) in [5, 5.41) is 18.7. The van der Waals surface area contributed by atoms with Crippen molar-refractivity contribution < 1.29 is 19.7 Å². The molecule has 0 aliphatic carbocycles. The molecule has 4 nitrogen and oxygen atoms in total. The van der Waals surface area contributed by atoms with Crippen LogP contribution in [0, 0.1) is 0 Å². The number of hydrogen-bond acceptors (Lipinski definition) is 4. The number of benzene rings is 1. The standard InChI is InChI=1S/C13H14O4/c1-2-9-8-17-13-10(12(9)15)4-3-5-11(13)16-7-6-14/h2-5,14-15H,1,6-8H2. The van der Waals surface area contributed by atoms with E-state index in [1.54, 1.807) is 24.3 Å². The molecule has 17 heavy (non-hydrogen) atoms. The molecule has 90 valence electrons. The predicted molar refractivity (Wildman–Crippen MR) is 64.3 cm³/mol. The molecule has 2 N–H and O–H groups in total. The maximum Gasteiger partial charge on any atom is 0.172 e. The van der Waals surface area contributed by atoms with Crippen LogP contribution in [0.25, 0.3) is 5.76 Å². The first kappa shape index (κ1) is 11.5. The zero-order chi connectivity index (χ0) is 12.3. The molecule has 0 spiro atoms. The molecule has 1 heterocycles. The van der Waals surface area contributed by atoms with Gasteiger partial charge in [-0.1, -0.05) is 18.7 Å². The van der Waals surface area contributed by atoms with Crippen LogP contribution in [0.1, 0.15) is 5.56 Å². The normalized spacial score (nSPS) is 13.9. The lowest BCUT2D eigenvalue weighted by Gasteiger charge is -2.21. The Labute approximate surface area is 99.4 Å². The fraction of sp³-hybridized carbons (Fsp3) is 0.231. The van der Waals surface area contributed by atoms with Crippen molar-refractivity contribution in [3.8, 4) is 11.5 Å². The van der Waals surface area contributed by atoms with Crippen molar-refractivity contribution in [3.63, 3.8) is 0 Å². The molecule has 2 rings (SSSR count). The lowest BCUT2D eigenvalue weighted by atomic mass is 10.0. The van der Waals surface area contributed by atoms with Crippen LogP contribution < -0.4 is 9.47 Å². The maximum atomic E-state index is 9.99. The Morgan fingerprint density at radius 3 is 3.00 bits per heavy atom. The summed E-state index contributed by atoms with van der Waals surface area (Å²) in [7, 11) is 0. The number of aliphatic hydroxyl groups excluding tert-OH is 2. The van der Waals surface area contributed by atoms with E-state index in [2.05, 4.69) is 6.58 Å². The van der Waals surface area contributed by atoms with Gasteiger partial charge < -0.3 is 19.7 Å². The second kappa shape index (κ2) is 4.93. The molecule has 0 radical (unpaired) electrons. The number of para-hydroxylation sites is 1. The van der Waals surface area contributed by atoms with Gasteiger partial charge >= 0.3 is 0 Å². The van der Waals surface area contributed by atoms with E-state index >= 15 is 0 Å². The summed E-state index contributed by atoms with van der Waals surface area (Å²) in [6, 6.07) is 5.25. The molecule has 1 aliphatic rings. The first-order valence-corrected chi connectivity index (χ1v) is 5.32. The molecule has 1 aromatic carbocycles. The van der Waals surface area contributed by atoms with E-state index in [0.717, 1.165) is 0 Å². The van der Waals surface area contributed by atoms with Crippen LogP contribution in [0.5, 0.6) is 11.5 Å². The van der Waals surface area contributed by atoms with Crippen molar-refractivity contribution in [1.82, 2.24) is 0 Å². The van der Waals surface area contributed by atoms with Crippen molar-refractivity contribution in [2.75, 3.05) is 19.8 Å². The molecular weight excluding hydrogens is 220 g/mol. The van der Waals surface area contributed by atoms with E-state index in [-0.39, 0.29) is 25.6 Å². The highest BCUT2D eigenvalue weighted by Crippen LogP contribution is 2.39. The van der Waals surface area contributed by atoms with Crippen molar-refractivity contribution in [3.05, 3.63) is 42.0 Å². The van der Waals surface area contributed by atoms with E-state index in [1.165, 1.54) is 0 Å². The largest absolute Gasteiger partial charge is 0.507 e. The monoisotopic (exact) mass is 234 g/mol. The number of hydrogen-bond donors (Lipinski definition) is 2. The molecule has 0 atom stereocenters. The smallest absolute Gasteiger partial charge is 0.172 e. The highest BCUT2D eigenvalue weighted by atomic mass is 16.5. The zero-order valence-corrected chi connectivity index (χ0v) is 9.35. The summed E-state index contributed by atoms with van der Waals surface area (Å²) >= 11 is 0. The van der Waals surface area contributed by atoms with Gasteiger partial charge in [-0.05, 0) is 12.1 Å². The first-order chi connectivity index (χ1) is 8.27. The Hall–Kier alpha value is -1.94. The Kier molecular flexibility index (Phi) is 3.35. The molecule has 0 fully saturated rings. The molecule has 1 aliphatic heterocycles. The molecule has 0 saturated heterocycles. The van der Waals surface area contributed by atoms with Gasteiger partial charge in [0.2, 0.25) is 0 Å². The third-order valence-electron chi connectivity index (χ3n) is 2.51. The van der Waals surface area contributed by atoms with Crippen LogP contribution >= 0.6 is 0 Å². The highest BCUT2D eigenvalue weighted by Gasteiger charge is 2.21. The molecule has 4 heteroatoms. The third kappa shape index (κ3) is 2.12. The number of rotatable bonds is 4. The van der Waals surface area contributed by atoms with Crippen molar-refractivity contribution >= 4 is 5.76 Å². The van der Waals surface area contributed by atoms with Crippen LogP contribution in [0.2, 0.25) is 0 Å². The predicted octanol–water partition coefficient (Wildman–Crippen LogP) is 1.91. The van der Waals surface area contributed by atoms with Gasteiger partial charge in [0.15, 0.2) is 11.5 Å². The minimum absolute atomic E-state index is 0.0661. The summed E-state index contributed by atoms with van der Waals surface area (Å²) in [5.41, 5.74) is 1.23. The Morgan fingerprint density at radius 2 is 2.29 bits per heavy atom. The van der Waals surface area contributed by atoms with E-state index < -0.39 is 0 Å². The minimum Gasteiger partial charge on any atom is -0.507 e. The second-order valence-electron chi connectivity index (χ2n) is 3.57. The van der Waals surface area contributed by atoms with Gasteiger partial charge in [-0.2, -0.15) is 0 Å². The van der Waals surface area contributed by atoms with Gasteiger partial charge in [-0.3, -0.25) is 0 Å². The molecule has 0 saturated carbocycles. The molecular formula is C13H14O4. The molecule has 0 aromatic heterocycles. The van der Waals surface area contributed by atoms with E-state index in [4.69, 9.17) is 14.6 Å². The number of fused-ring (bicyclic) bond motifs is 1. The van der Waals surface area contributed by atoms with E-state index in [9.17, 15) is 5.11 Å². The van der Waals surface area contributed by atoms with E-state index in [1.807, 2.05) is 0 Å². The minimum atomic E-state index is -0.0661. The fourth-order valence-corrected chi connectivity index (χ4v) is 1.67. The first-order valence-electron chi connectivity index (χ1n) is 5.32. The third-order valence-corrected chi connectivity index (χ3v) is 2.51. The Balaban J connectivity index is 2.41. The fourth-order valence-electron chi connectivity index (χ4n) is 1.67. The summed E-state index contributed by atoms with van der Waals surface area (Å²) in [6.07, 6.45) is 1.57. The SMILES string of the molecule is C=CC1=C(O)c2cccc(OCCO)c2OC1. The van der Waals surface area contributed by atoms with Crippen molar-refractivity contribution in [2.24, 2.45) is 0 Å². The van der Waals surface area contributed by atoms with Gasteiger partial charge in [0.25, 0.3) is 0 Å². The summed E-state index contributed by atoms with van der Waals surface area (Å²) < 4.78 is 10.9. The Bertz CT molecular complexity index is 462. The summed E-state index contributed by atoms with van der Waals surface area (Å²) in [5.74, 6) is 1.19. The average molecular weight is 234 g/mol. The van der Waals surface area contributed by atoms with E-state index in [0.29, 0.717) is 22.6 Å². The van der Waals surface area contributed by atoms with Crippen LogP contribution in [0.4, 0.5) is 0 Å². The summed E-state index contributed by atoms with van der Waals surface area (Å²) in [6.45, 7) is 4.01. The van der Waals surface area contributed by atoms with Gasteiger partial charge in [0.05, 0.1) is 12.2 Å². The van der Waals surface area contributed by atoms with Gasteiger partial charge in [0, 0.05) is 5.57 Å². The average Bonchev–Trinajstić information content (AvgIpc) is 2.37. The Morgan fingerprint density at radius 1 is 1.47 bits per heavy atom. The number of ether oxygens (including phenoxy) is 2. The molecule has 1 aromatic rings. The van der Waals surface area contributed by atoms with Crippen LogP contribution in [0.3, 0.4) is 0 Å². The summed E-state index contributed by atoms with van der Waals surface area (Å²) in [4.78, 5) is 0. The molecule has 0 bridgehead atoms. The lowest BCUT2D eigenvalue weighted by Crippen LogP contribution is -2.12. The lowest BCUT2D eigenvalue weighted by molar-refractivity contribution is 0.194. The van der Waals surface area contributed by atoms with Crippen LogP contribution in [0.15, 0.2) is 36.4 Å². The molecule has 0 unspecified atom stereocenters. The zero-order valence-electron chi connectivity index (χ0n) is 9.35. The molecule has 0 amide bonds. The van der Waals surface area contributed by atoms with Gasteiger partial charge in [-0.15, -0.1) is 0 Å². The van der Waals surface area contributed by atoms with Gasteiger partial charge in [0.1, 0.15) is 19.0 Å². The van der Waals surface area contributed by atoms with Crippen LogP contribution in [-0.2, 0) is 0 Å². The maximum absolute atomic E-state index is 9.99. The van der Waals surface area contributed by atoms with Crippen molar-refractivity contribution in [1.29, 1.82) is 0 Å². The van der Waals surface area contributed by atoms with Crippen LogP contribution in [-0.4, -0.2) is 30.0 Å². The highest BCUT2D eigenvalue weighted by molar-refractivity contribution is 5.73. The van der Waals surface area contributed by atoms with Crippen molar-refractivity contribution in [2.45, 2.75) is 0 Å².